The maximum absolute atomic E-state index is 11.3. The quantitative estimate of drug-likeness (QED) is 0.527. The summed E-state index contributed by atoms with van der Waals surface area (Å²) in [7, 11) is 1.93. The Morgan fingerprint density at radius 2 is 2.00 bits per heavy atom. The molecule has 1 fully saturated rings. The van der Waals surface area contributed by atoms with Crippen LogP contribution in [0.5, 0.6) is 0 Å². The van der Waals surface area contributed by atoms with Crippen molar-refractivity contribution in [2.24, 2.45) is 7.05 Å². The lowest BCUT2D eigenvalue weighted by molar-refractivity contribution is 0.0129. The third-order valence-electron chi connectivity index (χ3n) is 5.83. The average Bonchev–Trinajstić information content (AvgIpc) is 3.45. The molecule has 5 rings (SSSR count). The van der Waals surface area contributed by atoms with Crippen LogP contribution in [0.3, 0.4) is 0 Å². The highest BCUT2D eigenvalue weighted by atomic mass is 32.1. The van der Waals surface area contributed by atoms with Gasteiger partial charge in [0.05, 0.1) is 5.69 Å². The number of aryl methyl sites for hydroxylation is 1. The predicted molar refractivity (Wildman–Crippen MR) is 122 cm³/mol. The molecule has 4 aromatic rings. The Bertz CT molecular complexity index is 1160. The van der Waals surface area contributed by atoms with Gasteiger partial charge >= 0.3 is 0 Å². The topological polar surface area (TPSA) is 80.0 Å². The molecule has 4 aromatic heterocycles. The van der Waals surface area contributed by atoms with Gasteiger partial charge in [-0.15, -0.1) is 11.3 Å². The van der Waals surface area contributed by atoms with Gasteiger partial charge in [-0.05, 0) is 36.4 Å². The van der Waals surface area contributed by atoms with E-state index in [2.05, 4.69) is 26.3 Å². The number of hydrogen-bond acceptors (Lipinski definition) is 7. The molecule has 0 amide bonds. The van der Waals surface area contributed by atoms with E-state index in [4.69, 9.17) is 9.97 Å². The number of anilines is 1. The van der Waals surface area contributed by atoms with Crippen molar-refractivity contribution < 1.29 is 5.11 Å². The van der Waals surface area contributed by atoms with E-state index in [1.165, 1.54) is 0 Å². The van der Waals surface area contributed by atoms with Crippen molar-refractivity contribution in [1.29, 1.82) is 0 Å². The van der Waals surface area contributed by atoms with Crippen LogP contribution in [0.25, 0.3) is 21.7 Å². The standard InChI is InChI=1S/C23H24N6OS/c1-28-13-10-25-21(28)23(30)7-4-11-29(12-8-23)22-26-16-18(19-6-3-14-31-19)20(27-22)17-5-2-9-24-15-17/h2-3,5-6,9-10,13-16,30H,4,7-8,11-12H2,1H3/t23-/m1/s1. The van der Waals surface area contributed by atoms with E-state index in [1.807, 2.05) is 48.4 Å². The van der Waals surface area contributed by atoms with Gasteiger partial charge in [-0.25, -0.2) is 15.0 Å². The fraction of sp³-hybridized carbons (Fsp3) is 0.304. The van der Waals surface area contributed by atoms with Gasteiger partial charge in [0, 0.05) is 73.5 Å². The van der Waals surface area contributed by atoms with Crippen molar-refractivity contribution in [2.45, 2.75) is 24.9 Å². The van der Waals surface area contributed by atoms with Gasteiger partial charge in [-0.2, -0.15) is 0 Å². The molecule has 1 N–H and O–H groups in total. The zero-order valence-corrected chi connectivity index (χ0v) is 18.2. The molecule has 5 heterocycles. The molecule has 0 saturated carbocycles. The Hall–Kier alpha value is -3.10. The second-order valence-corrected chi connectivity index (χ2v) is 8.83. The lowest BCUT2D eigenvalue weighted by Gasteiger charge is -2.26. The van der Waals surface area contributed by atoms with Gasteiger partial charge in [0.15, 0.2) is 0 Å². The van der Waals surface area contributed by atoms with Gasteiger partial charge in [-0.3, -0.25) is 4.98 Å². The lowest BCUT2D eigenvalue weighted by Crippen LogP contribution is -2.32. The van der Waals surface area contributed by atoms with E-state index in [-0.39, 0.29) is 0 Å². The molecule has 0 bridgehead atoms. The second-order valence-electron chi connectivity index (χ2n) is 7.89. The van der Waals surface area contributed by atoms with Gasteiger partial charge in [-0.1, -0.05) is 6.07 Å². The van der Waals surface area contributed by atoms with Crippen LogP contribution in [0, 0.1) is 0 Å². The summed E-state index contributed by atoms with van der Waals surface area (Å²) < 4.78 is 1.91. The maximum atomic E-state index is 11.3. The minimum Gasteiger partial charge on any atom is -0.382 e. The Morgan fingerprint density at radius 3 is 2.74 bits per heavy atom. The fourth-order valence-corrected chi connectivity index (χ4v) is 4.95. The summed E-state index contributed by atoms with van der Waals surface area (Å²) in [6.45, 7) is 1.45. The summed E-state index contributed by atoms with van der Waals surface area (Å²) in [5.41, 5.74) is 1.92. The average molecular weight is 433 g/mol. The van der Waals surface area contributed by atoms with E-state index in [1.54, 1.807) is 23.7 Å². The Kier molecular flexibility index (Phi) is 5.25. The third-order valence-corrected chi connectivity index (χ3v) is 6.73. The number of pyridine rings is 1. The molecule has 0 aromatic carbocycles. The molecule has 1 aliphatic heterocycles. The monoisotopic (exact) mass is 432 g/mol. The Morgan fingerprint density at radius 1 is 1.06 bits per heavy atom. The van der Waals surface area contributed by atoms with E-state index < -0.39 is 5.60 Å². The lowest BCUT2D eigenvalue weighted by atomic mass is 9.94. The highest BCUT2D eigenvalue weighted by Gasteiger charge is 2.35. The van der Waals surface area contributed by atoms with Crippen LogP contribution >= 0.6 is 11.3 Å². The molecule has 31 heavy (non-hydrogen) atoms. The predicted octanol–water partition coefficient (Wildman–Crippen LogP) is 3.88. The number of aromatic nitrogens is 5. The molecule has 0 aliphatic carbocycles. The van der Waals surface area contributed by atoms with Crippen LogP contribution in [0.1, 0.15) is 25.1 Å². The molecule has 1 aliphatic rings. The first-order valence-corrected chi connectivity index (χ1v) is 11.3. The molecular formula is C23H24N6OS. The zero-order valence-electron chi connectivity index (χ0n) is 17.3. The number of imidazole rings is 1. The minimum atomic E-state index is -0.934. The van der Waals surface area contributed by atoms with Gasteiger partial charge in [0.1, 0.15) is 11.4 Å². The van der Waals surface area contributed by atoms with E-state index in [9.17, 15) is 5.11 Å². The summed E-state index contributed by atoms with van der Waals surface area (Å²) in [5, 5.41) is 13.4. The molecule has 1 atom stereocenters. The van der Waals surface area contributed by atoms with Crippen molar-refractivity contribution in [1.82, 2.24) is 24.5 Å². The summed E-state index contributed by atoms with van der Waals surface area (Å²) >= 11 is 1.67. The van der Waals surface area contributed by atoms with Crippen LogP contribution < -0.4 is 4.90 Å². The first kappa shape index (κ1) is 19.8. The first-order chi connectivity index (χ1) is 15.1. The van der Waals surface area contributed by atoms with Crippen molar-refractivity contribution >= 4 is 17.3 Å². The Balaban J connectivity index is 1.48. The number of thiophene rings is 1. The highest BCUT2D eigenvalue weighted by Crippen LogP contribution is 2.35. The summed E-state index contributed by atoms with van der Waals surface area (Å²) in [4.78, 5) is 21.7. The maximum Gasteiger partial charge on any atom is 0.225 e. The van der Waals surface area contributed by atoms with Crippen molar-refractivity contribution in [3.8, 4) is 21.7 Å². The van der Waals surface area contributed by atoms with E-state index >= 15 is 0 Å². The van der Waals surface area contributed by atoms with Gasteiger partial charge < -0.3 is 14.6 Å². The molecule has 0 radical (unpaired) electrons. The van der Waals surface area contributed by atoms with Crippen LogP contribution in [-0.2, 0) is 12.6 Å². The molecule has 8 heteroatoms. The van der Waals surface area contributed by atoms with Crippen molar-refractivity contribution in [2.75, 3.05) is 18.0 Å². The summed E-state index contributed by atoms with van der Waals surface area (Å²) in [6, 6.07) is 8.07. The molecule has 0 unspecified atom stereocenters. The Labute approximate surface area is 185 Å². The van der Waals surface area contributed by atoms with E-state index in [0.29, 0.717) is 25.3 Å². The summed E-state index contributed by atoms with van der Waals surface area (Å²) in [6.07, 6.45) is 11.2. The third kappa shape index (κ3) is 3.84. The largest absolute Gasteiger partial charge is 0.382 e. The molecule has 158 valence electrons. The summed E-state index contributed by atoms with van der Waals surface area (Å²) in [5.74, 6) is 1.41. The smallest absolute Gasteiger partial charge is 0.225 e. The second kappa shape index (κ2) is 8.20. The molecule has 0 spiro atoms. The first-order valence-electron chi connectivity index (χ1n) is 10.4. The highest BCUT2D eigenvalue weighted by molar-refractivity contribution is 7.13. The molecule has 1 saturated heterocycles. The van der Waals surface area contributed by atoms with Crippen LogP contribution in [0.2, 0.25) is 0 Å². The normalized spacial score (nSPS) is 19.4. The SMILES string of the molecule is Cn1ccnc1[C@@]1(O)CCCN(c2ncc(-c3cccs3)c(-c3cccnc3)n2)CC1. The fourth-order valence-electron chi connectivity index (χ4n) is 4.22. The molecular weight excluding hydrogens is 408 g/mol. The van der Waals surface area contributed by atoms with Gasteiger partial charge in [0.25, 0.3) is 0 Å². The van der Waals surface area contributed by atoms with Crippen molar-refractivity contribution in [3.63, 3.8) is 0 Å². The minimum absolute atomic E-state index is 0.579. The van der Waals surface area contributed by atoms with Crippen LogP contribution in [0.15, 0.2) is 60.6 Å². The number of hydrogen-bond donors (Lipinski definition) is 1. The number of nitrogens with zero attached hydrogens (tertiary/aromatic N) is 6. The number of aliphatic hydroxyl groups is 1. The zero-order chi connectivity index (χ0) is 21.3. The van der Waals surface area contributed by atoms with Crippen LogP contribution in [-0.4, -0.2) is 42.7 Å². The van der Waals surface area contributed by atoms with E-state index in [0.717, 1.165) is 40.5 Å². The number of rotatable bonds is 4. The van der Waals surface area contributed by atoms with Gasteiger partial charge in [0.2, 0.25) is 5.95 Å². The molecule has 7 nitrogen and oxygen atoms in total. The van der Waals surface area contributed by atoms with Crippen molar-refractivity contribution in [3.05, 3.63) is 66.5 Å². The van der Waals surface area contributed by atoms with Crippen LogP contribution in [0.4, 0.5) is 5.95 Å².